The first-order valence-corrected chi connectivity index (χ1v) is 11.6. The van der Waals surface area contributed by atoms with Crippen molar-refractivity contribution in [2.45, 2.75) is 30.2 Å². The summed E-state index contributed by atoms with van der Waals surface area (Å²) in [6, 6.07) is 12.4. The number of ether oxygens (including phenoxy) is 3. The van der Waals surface area contributed by atoms with Gasteiger partial charge in [0.05, 0.1) is 26.2 Å². The van der Waals surface area contributed by atoms with Gasteiger partial charge < -0.3 is 14.2 Å². The van der Waals surface area contributed by atoms with Crippen LogP contribution in [0.5, 0.6) is 17.2 Å². The second-order valence-electron chi connectivity index (χ2n) is 7.25. The van der Waals surface area contributed by atoms with E-state index in [0.717, 1.165) is 37.2 Å². The Morgan fingerprint density at radius 3 is 2.17 bits per heavy atom. The first kappa shape index (κ1) is 22.4. The SMILES string of the molecule is COc1ccc(C(CNS(=O)(=O)c2ccc(OC)c(OC)c2)N2CCCCC2)cc1. The minimum atomic E-state index is -3.71. The molecule has 1 aliphatic rings. The number of sulfonamides is 1. The first-order chi connectivity index (χ1) is 14.5. The molecule has 0 bridgehead atoms. The molecule has 2 aromatic carbocycles. The lowest BCUT2D eigenvalue weighted by Crippen LogP contribution is -2.40. The number of likely N-dealkylation sites (tertiary alicyclic amines) is 1. The molecule has 0 aromatic heterocycles. The lowest BCUT2D eigenvalue weighted by molar-refractivity contribution is 0.164. The molecule has 2 aromatic rings. The lowest BCUT2D eigenvalue weighted by Gasteiger charge is -2.35. The van der Waals surface area contributed by atoms with E-state index in [2.05, 4.69) is 9.62 Å². The third-order valence-corrected chi connectivity index (χ3v) is 6.89. The van der Waals surface area contributed by atoms with Crippen LogP contribution in [0.25, 0.3) is 0 Å². The Kier molecular flexibility index (Phi) is 7.58. The summed E-state index contributed by atoms with van der Waals surface area (Å²) in [6.45, 7) is 2.19. The third kappa shape index (κ3) is 5.24. The number of nitrogens with one attached hydrogen (secondary N) is 1. The number of rotatable bonds is 9. The van der Waals surface area contributed by atoms with Gasteiger partial charge in [-0.2, -0.15) is 0 Å². The van der Waals surface area contributed by atoms with Crippen LogP contribution in [0.3, 0.4) is 0 Å². The highest BCUT2D eigenvalue weighted by molar-refractivity contribution is 7.89. The maximum atomic E-state index is 13.0. The molecule has 1 N–H and O–H groups in total. The fraction of sp³-hybridized carbons (Fsp3) is 0.455. The van der Waals surface area contributed by atoms with E-state index in [4.69, 9.17) is 14.2 Å². The van der Waals surface area contributed by atoms with Crippen molar-refractivity contribution in [2.24, 2.45) is 0 Å². The van der Waals surface area contributed by atoms with E-state index in [1.54, 1.807) is 13.2 Å². The summed E-state index contributed by atoms with van der Waals surface area (Å²) in [5.41, 5.74) is 1.06. The van der Waals surface area contributed by atoms with Crippen LogP contribution in [0.4, 0.5) is 0 Å². The second-order valence-corrected chi connectivity index (χ2v) is 9.02. The van der Waals surface area contributed by atoms with Crippen molar-refractivity contribution < 1.29 is 22.6 Å². The van der Waals surface area contributed by atoms with Crippen LogP contribution < -0.4 is 18.9 Å². The van der Waals surface area contributed by atoms with Gasteiger partial charge in [-0.25, -0.2) is 13.1 Å². The first-order valence-electron chi connectivity index (χ1n) is 10.1. The zero-order valence-corrected chi connectivity index (χ0v) is 18.6. The van der Waals surface area contributed by atoms with Crippen LogP contribution in [-0.4, -0.2) is 54.3 Å². The number of hydrogen-bond donors (Lipinski definition) is 1. The molecule has 0 saturated carbocycles. The van der Waals surface area contributed by atoms with E-state index in [9.17, 15) is 8.42 Å². The lowest BCUT2D eigenvalue weighted by atomic mass is 10.0. The average molecular weight is 435 g/mol. The van der Waals surface area contributed by atoms with Gasteiger partial charge in [-0.3, -0.25) is 4.90 Å². The summed E-state index contributed by atoms with van der Waals surface area (Å²) >= 11 is 0. The predicted molar refractivity (Wildman–Crippen MR) is 116 cm³/mol. The zero-order valence-electron chi connectivity index (χ0n) is 17.8. The van der Waals surface area contributed by atoms with Gasteiger partial charge in [-0.15, -0.1) is 0 Å². The van der Waals surface area contributed by atoms with E-state index in [-0.39, 0.29) is 17.5 Å². The number of nitrogens with zero attached hydrogens (tertiary/aromatic N) is 1. The number of hydrogen-bond acceptors (Lipinski definition) is 6. The van der Waals surface area contributed by atoms with E-state index < -0.39 is 10.0 Å². The van der Waals surface area contributed by atoms with Crippen LogP contribution >= 0.6 is 0 Å². The second kappa shape index (κ2) is 10.1. The summed E-state index contributed by atoms with van der Waals surface area (Å²) in [5, 5.41) is 0. The number of piperidine rings is 1. The minimum absolute atomic E-state index is 0.0499. The summed E-state index contributed by atoms with van der Waals surface area (Å²) in [7, 11) is 0.924. The maximum Gasteiger partial charge on any atom is 0.240 e. The van der Waals surface area contributed by atoms with Gasteiger partial charge >= 0.3 is 0 Å². The Labute approximate surface area is 179 Å². The molecule has 0 radical (unpaired) electrons. The van der Waals surface area contributed by atoms with Gasteiger partial charge in [-0.05, 0) is 55.8 Å². The van der Waals surface area contributed by atoms with Gasteiger partial charge in [-0.1, -0.05) is 18.6 Å². The molecule has 8 heteroatoms. The van der Waals surface area contributed by atoms with E-state index in [0.29, 0.717) is 11.5 Å². The third-order valence-electron chi connectivity index (χ3n) is 5.46. The Balaban J connectivity index is 1.81. The van der Waals surface area contributed by atoms with Crippen molar-refractivity contribution in [1.82, 2.24) is 9.62 Å². The van der Waals surface area contributed by atoms with Crippen molar-refractivity contribution >= 4 is 10.0 Å². The molecule has 1 atom stereocenters. The van der Waals surface area contributed by atoms with Gasteiger partial charge in [0.1, 0.15) is 5.75 Å². The highest BCUT2D eigenvalue weighted by Crippen LogP contribution is 2.30. The van der Waals surface area contributed by atoms with Gasteiger partial charge in [0.2, 0.25) is 10.0 Å². The van der Waals surface area contributed by atoms with Crippen molar-refractivity contribution in [3.05, 3.63) is 48.0 Å². The largest absolute Gasteiger partial charge is 0.497 e. The topological polar surface area (TPSA) is 77.1 Å². The molecule has 7 nitrogen and oxygen atoms in total. The monoisotopic (exact) mass is 434 g/mol. The zero-order chi connectivity index (χ0) is 21.6. The highest BCUT2D eigenvalue weighted by Gasteiger charge is 2.25. The molecule has 30 heavy (non-hydrogen) atoms. The van der Waals surface area contributed by atoms with E-state index in [1.165, 1.54) is 32.8 Å². The molecule has 1 unspecified atom stereocenters. The predicted octanol–water partition coefficient (Wildman–Crippen LogP) is 3.22. The molecule has 1 heterocycles. The standard InChI is InChI=1S/C22H30N2O5S/c1-27-18-9-7-17(8-10-18)20(24-13-5-4-6-14-24)16-23-30(25,26)19-11-12-21(28-2)22(15-19)29-3/h7-12,15,20,23H,4-6,13-14,16H2,1-3H3. The van der Waals surface area contributed by atoms with Crippen molar-refractivity contribution in [2.75, 3.05) is 41.0 Å². The van der Waals surface area contributed by atoms with Gasteiger partial charge in [0.15, 0.2) is 11.5 Å². The van der Waals surface area contributed by atoms with Gasteiger partial charge in [0, 0.05) is 18.7 Å². The van der Waals surface area contributed by atoms with Crippen LogP contribution in [-0.2, 0) is 10.0 Å². The van der Waals surface area contributed by atoms with Gasteiger partial charge in [0.25, 0.3) is 0 Å². The molecule has 1 fully saturated rings. The maximum absolute atomic E-state index is 13.0. The van der Waals surface area contributed by atoms with E-state index >= 15 is 0 Å². The molecule has 164 valence electrons. The fourth-order valence-electron chi connectivity index (χ4n) is 3.77. The summed E-state index contributed by atoms with van der Waals surface area (Å²) in [4.78, 5) is 2.50. The molecule has 0 spiro atoms. The van der Waals surface area contributed by atoms with Crippen molar-refractivity contribution in [3.8, 4) is 17.2 Å². The fourth-order valence-corrected chi connectivity index (χ4v) is 4.82. The Bertz CT molecular complexity index is 925. The Morgan fingerprint density at radius 2 is 1.57 bits per heavy atom. The molecule has 1 aliphatic heterocycles. The summed E-state index contributed by atoms with van der Waals surface area (Å²) in [5.74, 6) is 1.64. The summed E-state index contributed by atoms with van der Waals surface area (Å²) < 4.78 is 44.4. The van der Waals surface area contributed by atoms with Crippen LogP contribution in [0.1, 0.15) is 30.9 Å². The van der Waals surface area contributed by atoms with Crippen LogP contribution in [0, 0.1) is 0 Å². The smallest absolute Gasteiger partial charge is 0.240 e. The molecule has 0 amide bonds. The Morgan fingerprint density at radius 1 is 0.900 bits per heavy atom. The van der Waals surface area contributed by atoms with Crippen molar-refractivity contribution in [3.63, 3.8) is 0 Å². The highest BCUT2D eigenvalue weighted by atomic mass is 32.2. The van der Waals surface area contributed by atoms with Crippen molar-refractivity contribution in [1.29, 1.82) is 0 Å². The molecular weight excluding hydrogens is 404 g/mol. The normalized spacial score (nSPS) is 16.1. The minimum Gasteiger partial charge on any atom is -0.497 e. The molecule has 1 saturated heterocycles. The average Bonchev–Trinajstić information content (AvgIpc) is 2.79. The molecule has 0 aliphatic carbocycles. The number of methoxy groups -OCH3 is 3. The van der Waals surface area contributed by atoms with E-state index in [1.807, 2.05) is 24.3 Å². The molecule has 3 rings (SSSR count). The summed E-state index contributed by atoms with van der Waals surface area (Å²) in [6.07, 6.45) is 3.45. The number of benzene rings is 2. The van der Waals surface area contributed by atoms with Crippen LogP contribution in [0.15, 0.2) is 47.4 Å². The van der Waals surface area contributed by atoms with Crippen LogP contribution in [0.2, 0.25) is 0 Å². The Hall–Kier alpha value is -2.29. The molecular formula is C22H30N2O5S. The quantitative estimate of drug-likeness (QED) is 0.653.